The van der Waals surface area contributed by atoms with Gasteiger partial charge in [-0.25, -0.2) is 13.9 Å². The van der Waals surface area contributed by atoms with Gasteiger partial charge in [0.05, 0.1) is 24.5 Å². The molecule has 1 fully saturated rings. The van der Waals surface area contributed by atoms with Crippen molar-refractivity contribution in [3.05, 3.63) is 65.9 Å². The predicted octanol–water partition coefficient (Wildman–Crippen LogP) is 3.27. The SMILES string of the molecule is Cc1cn(C[C@H]2CN(c3ccc(-c4ccc(-c5noc(CO)c5O)cc4)c(F)c3)C(=O)O2)nn1. The molecule has 174 valence electrons. The van der Waals surface area contributed by atoms with Crippen molar-refractivity contribution >= 4 is 11.8 Å². The minimum Gasteiger partial charge on any atom is -0.503 e. The fourth-order valence-corrected chi connectivity index (χ4v) is 3.85. The Morgan fingerprint density at radius 2 is 1.94 bits per heavy atom. The van der Waals surface area contributed by atoms with Crippen molar-refractivity contribution in [1.82, 2.24) is 20.2 Å². The number of carbonyl (C=O) groups is 1. The highest BCUT2D eigenvalue weighted by molar-refractivity contribution is 5.90. The van der Waals surface area contributed by atoms with Crippen molar-refractivity contribution in [2.45, 2.75) is 26.2 Å². The molecule has 5 rings (SSSR count). The number of hydrogen-bond donors (Lipinski definition) is 2. The molecule has 2 aromatic heterocycles. The lowest BCUT2D eigenvalue weighted by atomic mass is 10.0. The number of aryl methyl sites for hydroxylation is 1. The number of halogens is 1. The van der Waals surface area contributed by atoms with E-state index in [2.05, 4.69) is 15.5 Å². The van der Waals surface area contributed by atoms with Crippen molar-refractivity contribution in [1.29, 1.82) is 0 Å². The first-order valence-electron chi connectivity index (χ1n) is 10.5. The summed E-state index contributed by atoms with van der Waals surface area (Å²) in [6.45, 7) is 1.97. The van der Waals surface area contributed by atoms with E-state index in [0.29, 0.717) is 28.9 Å². The van der Waals surface area contributed by atoms with Crippen LogP contribution in [0.4, 0.5) is 14.9 Å². The van der Waals surface area contributed by atoms with Gasteiger partial charge in [0.15, 0.2) is 11.4 Å². The lowest BCUT2D eigenvalue weighted by molar-refractivity contribution is 0.129. The molecule has 0 radical (unpaired) electrons. The molecule has 0 bridgehead atoms. The van der Waals surface area contributed by atoms with Crippen LogP contribution >= 0.6 is 0 Å². The number of anilines is 1. The summed E-state index contributed by atoms with van der Waals surface area (Å²) in [5.74, 6) is -0.763. The Hall–Kier alpha value is -4.25. The molecule has 2 aromatic carbocycles. The Kier molecular flexibility index (Phi) is 5.46. The summed E-state index contributed by atoms with van der Waals surface area (Å²) in [6, 6.07) is 11.2. The Balaban J connectivity index is 1.32. The van der Waals surface area contributed by atoms with Gasteiger partial charge < -0.3 is 19.5 Å². The summed E-state index contributed by atoms with van der Waals surface area (Å²) in [7, 11) is 0. The van der Waals surface area contributed by atoms with Crippen LogP contribution in [0.15, 0.2) is 53.2 Å². The van der Waals surface area contributed by atoms with Crippen molar-refractivity contribution in [3.63, 3.8) is 0 Å². The van der Waals surface area contributed by atoms with Gasteiger partial charge in [0.2, 0.25) is 5.76 Å². The number of hydrogen-bond acceptors (Lipinski definition) is 8. The van der Waals surface area contributed by atoms with Crippen LogP contribution < -0.4 is 4.90 Å². The summed E-state index contributed by atoms with van der Waals surface area (Å²) in [4.78, 5) is 13.7. The number of cyclic esters (lactones) is 1. The van der Waals surface area contributed by atoms with E-state index >= 15 is 4.39 Å². The highest BCUT2D eigenvalue weighted by Gasteiger charge is 2.33. The lowest BCUT2D eigenvalue weighted by Crippen LogP contribution is -2.26. The summed E-state index contributed by atoms with van der Waals surface area (Å²) < 4.78 is 26.9. The number of ether oxygens (including phenoxy) is 1. The molecule has 0 saturated carbocycles. The minimum atomic E-state index is -0.548. The first-order valence-corrected chi connectivity index (χ1v) is 10.5. The number of aromatic hydroxyl groups is 1. The molecule has 1 saturated heterocycles. The number of rotatable bonds is 6. The maximum Gasteiger partial charge on any atom is 0.414 e. The fraction of sp³-hybridized carbons (Fsp3) is 0.217. The van der Waals surface area contributed by atoms with Gasteiger partial charge in [-0.05, 0) is 30.7 Å². The van der Waals surface area contributed by atoms with Crippen LogP contribution in [0.1, 0.15) is 11.5 Å². The molecule has 0 spiro atoms. The van der Waals surface area contributed by atoms with Crippen LogP contribution in [0.3, 0.4) is 0 Å². The van der Waals surface area contributed by atoms with Gasteiger partial charge in [0.1, 0.15) is 18.5 Å². The zero-order chi connectivity index (χ0) is 23.8. The van der Waals surface area contributed by atoms with E-state index in [-0.39, 0.29) is 23.7 Å². The van der Waals surface area contributed by atoms with Crippen molar-refractivity contribution in [2.75, 3.05) is 11.4 Å². The number of carbonyl (C=O) groups excluding carboxylic acids is 1. The zero-order valence-electron chi connectivity index (χ0n) is 18.1. The average molecular weight is 465 g/mol. The number of amides is 1. The Morgan fingerprint density at radius 3 is 2.59 bits per heavy atom. The van der Waals surface area contributed by atoms with Gasteiger partial charge in [-0.15, -0.1) is 5.10 Å². The third kappa shape index (κ3) is 3.97. The monoisotopic (exact) mass is 465 g/mol. The summed E-state index contributed by atoms with van der Waals surface area (Å²) >= 11 is 0. The van der Waals surface area contributed by atoms with Crippen LogP contribution in [0.2, 0.25) is 0 Å². The second-order valence-electron chi connectivity index (χ2n) is 7.90. The fourth-order valence-electron chi connectivity index (χ4n) is 3.85. The molecule has 1 aliphatic rings. The molecule has 2 N–H and O–H groups in total. The molecule has 1 aliphatic heterocycles. The highest BCUT2D eigenvalue weighted by Crippen LogP contribution is 2.34. The Morgan fingerprint density at radius 1 is 1.18 bits per heavy atom. The van der Waals surface area contributed by atoms with Gasteiger partial charge in [-0.2, -0.15) is 0 Å². The Labute approximate surface area is 192 Å². The molecule has 0 aliphatic carbocycles. The van der Waals surface area contributed by atoms with Crippen molar-refractivity contribution < 1.29 is 28.7 Å². The first kappa shape index (κ1) is 21.6. The molecule has 1 amide bonds. The third-order valence-corrected chi connectivity index (χ3v) is 5.53. The van der Waals surface area contributed by atoms with Gasteiger partial charge in [0.25, 0.3) is 0 Å². The predicted molar refractivity (Wildman–Crippen MR) is 117 cm³/mol. The van der Waals surface area contributed by atoms with Crippen LogP contribution in [0.5, 0.6) is 5.75 Å². The summed E-state index contributed by atoms with van der Waals surface area (Å²) in [5.41, 5.74) is 2.84. The quantitative estimate of drug-likeness (QED) is 0.444. The van der Waals surface area contributed by atoms with E-state index in [1.165, 1.54) is 11.0 Å². The van der Waals surface area contributed by atoms with Crippen LogP contribution in [0, 0.1) is 12.7 Å². The number of nitrogens with zero attached hydrogens (tertiary/aromatic N) is 5. The maximum atomic E-state index is 15.0. The number of aliphatic hydroxyl groups is 1. The van der Waals surface area contributed by atoms with E-state index in [1.54, 1.807) is 47.3 Å². The summed E-state index contributed by atoms with van der Waals surface area (Å²) in [6.07, 6.45) is 0.780. The molecule has 1 atom stereocenters. The molecule has 4 aromatic rings. The third-order valence-electron chi connectivity index (χ3n) is 5.53. The smallest absolute Gasteiger partial charge is 0.414 e. The van der Waals surface area contributed by atoms with E-state index in [0.717, 1.165) is 5.69 Å². The largest absolute Gasteiger partial charge is 0.503 e. The second kappa shape index (κ2) is 8.60. The normalized spacial score (nSPS) is 15.7. The van der Waals surface area contributed by atoms with E-state index < -0.39 is 24.6 Å². The van der Waals surface area contributed by atoms with Gasteiger partial charge in [-0.1, -0.05) is 34.6 Å². The molecular formula is C23H20FN5O5. The molecule has 34 heavy (non-hydrogen) atoms. The highest BCUT2D eigenvalue weighted by atomic mass is 19.1. The van der Waals surface area contributed by atoms with Gasteiger partial charge in [-0.3, -0.25) is 4.90 Å². The van der Waals surface area contributed by atoms with E-state index in [1.807, 2.05) is 6.92 Å². The van der Waals surface area contributed by atoms with E-state index in [9.17, 15) is 9.90 Å². The van der Waals surface area contributed by atoms with Crippen molar-refractivity contribution in [3.8, 4) is 28.1 Å². The van der Waals surface area contributed by atoms with Gasteiger partial charge >= 0.3 is 6.09 Å². The molecular weight excluding hydrogens is 445 g/mol. The summed E-state index contributed by atoms with van der Waals surface area (Å²) in [5, 5.41) is 30.8. The van der Waals surface area contributed by atoms with Crippen LogP contribution in [0.25, 0.3) is 22.4 Å². The first-order chi connectivity index (χ1) is 16.4. The number of aliphatic hydroxyl groups excluding tert-OH is 1. The second-order valence-corrected chi connectivity index (χ2v) is 7.90. The number of aromatic nitrogens is 4. The minimum absolute atomic E-state index is 0.0280. The van der Waals surface area contributed by atoms with Crippen LogP contribution in [-0.4, -0.2) is 49.1 Å². The van der Waals surface area contributed by atoms with Crippen LogP contribution in [-0.2, 0) is 17.9 Å². The van der Waals surface area contributed by atoms with E-state index in [4.69, 9.17) is 14.4 Å². The lowest BCUT2D eigenvalue weighted by Gasteiger charge is -2.14. The van der Waals surface area contributed by atoms with Crippen molar-refractivity contribution in [2.24, 2.45) is 0 Å². The molecule has 3 heterocycles. The maximum absolute atomic E-state index is 15.0. The van der Waals surface area contributed by atoms with Gasteiger partial charge in [0, 0.05) is 17.3 Å². The zero-order valence-corrected chi connectivity index (χ0v) is 18.1. The average Bonchev–Trinajstić information content (AvgIpc) is 3.52. The molecule has 11 heteroatoms. The number of benzene rings is 2. The standard InChI is InChI=1S/C23H20FN5O5/c1-13-9-28(27-25-13)10-17-11-29(23(32)33-17)16-6-7-18(19(24)8-16)14-2-4-15(5-3-14)21-22(31)20(12-30)34-26-21/h2-9,17,30-31H,10-12H2,1H3/t17-/m0/s1. The molecule has 10 nitrogen and oxygen atoms in total. The Bertz CT molecular complexity index is 1350. The molecule has 0 unspecified atom stereocenters. The topological polar surface area (TPSA) is 127 Å².